The molecule has 0 radical (unpaired) electrons. The Morgan fingerprint density at radius 1 is 1.44 bits per heavy atom. The highest BCUT2D eigenvalue weighted by Crippen LogP contribution is 2.39. The maximum absolute atomic E-state index is 12.8. The summed E-state index contributed by atoms with van der Waals surface area (Å²) in [6, 6.07) is -1.95. The zero-order chi connectivity index (χ0) is 18.6. The molecule has 15 heteroatoms. The van der Waals surface area contributed by atoms with Crippen molar-refractivity contribution in [2.24, 2.45) is 27.3 Å². The first kappa shape index (κ1) is 17.3. The molecule has 3 rings (SSSR count). The molecule has 3 aliphatic heterocycles. The normalized spacial score (nSPS) is 33.9. The highest BCUT2D eigenvalue weighted by Gasteiger charge is 2.66. The first-order valence-electron chi connectivity index (χ1n) is 6.90. The molecule has 1 fully saturated rings. The number of guanidine groups is 2. The molecule has 3 heterocycles. The first-order valence-corrected chi connectivity index (χ1v) is 8.27. The standard InChI is InChI=1S/C10H15N7O7S/c11-8-15-6-3(1-5(18)23-13)14-9(12)17-2-4(24-25(20,21)22)7(19)10(6,17)16-8/h3-4,6H,1-2,13H2,(H2,12,14)(H3,11,15,16)(H,20,21,22)/t3-,4+,6?,10?/m0/s1. The number of nitrogens with two attached hydrogens (primary N) is 3. The maximum Gasteiger partial charge on any atom is 0.398 e. The minimum atomic E-state index is -4.90. The van der Waals surface area contributed by atoms with Crippen molar-refractivity contribution in [2.75, 3.05) is 6.54 Å². The summed E-state index contributed by atoms with van der Waals surface area (Å²) >= 11 is 0. The molecular weight excluding hydrogens is 362 g/mol. The second-order valence-corrected chi connectivity index (χ2v) is 6.63. The number of aliphatic imine (C=N–C) groups is 2. The van der Waals surface area contributed by atoms with Crippen LogP contribution in [0.3, 0.4) is 0 Å². The highest BCUT2D eigenvalue weighted by molar-refractivity contribution is 7.80. The van der Waals surface area contributed by atoms with E-state index in [0.29, 0.717) is 0 Å². The van der Waals surface area contributed by atoms with Crippen molar-refractivity contribution in [3.8, 4) is 0 Å². The largest absolute Gasteiger partial charge is 0.398 e. The number of rotatable bonds is 4. The van der Waals surface area contributed by atoms with E-state index < -0.39 is 46.0 Å². The molecule has 138 valence electrons. The van der Waals surface area contributed by atoms with E-state index in [2.05, 4.69) is 24.3 Å². The highest BCUT2D eigenvalue weighted by atomic mass is 32.3. The van der Waals surface area contributed by atoms with E-state index in [1.165, 1.54) is 4.90 Å². The number of hydrogen-bond donors (Lipinski definition) is 5. The lowest BCUT2D eigenvalue weighted by Gasteiger charge is -2.43. The van der Waals surface area contributed by atoms with Crippen LogP contribution < -0.4 is 22.7 Å². The average molecular weight is 377 g/mol. The molecule has 1 spiro atoms. The van der Waals surface area contributed by atoms with E-state index in [1.54, 1.807) is 0 Å². The van der Waals surface area contributed by atoms with E-state index in [0.717, 1.165) is 0 Å². The summed E-state index contributed by atoms with van der Waals surface area (Å²) in [7, 11) is -4.90. The average Bonchev–Trinajstić information content (AvgIpc) is 2.98. The van der Waals surface area contributed by atoms with Crippen LogP contribution in [0.4, 0.5) is 0 Å². The maximum atomic E-state index is 12.8. The Bertz CT molecular complexity index is 795. The van der Waals surface area contributed by atoms with Crippen LogP contribution in [0.15, 0.2) is 9.98 Å². The van der Waals surface area contributed by atoms with Crippen molar-refractivity contribution in [2.45, 2.75) is 30.3 Å². The Morgan fingerprint density at radius 3 is 2.72 bits per heavy atom. The van der Waals surface area contributed by atoms with Crippen LogP contribution in [0.5, 0.6) is 0 Å². The lowest BCUT2D eigenvalue weighted by Crippen LogP contribution is -2.71. The van der Waals surface area contributed by atoms with Crippen LogP contribution in [0.2, 0.25) is 0 Å². The van der Waals surface area contributed by atoms with Gasteiger partial charge in [-0.15, -0.1) is 0 Å². The van der Waals surface area contributed by atoms with E-state index in [4.69, 9.17) is 21.9 Å². The summed E-state index contributed by atoms with van der Waals surface area (Å²) in [4.78, 5) is 37.8. The van der Waals surface area contributed by atoms with E-state index >= 15 is 0 Å². The summed E-state index contributed by atoms with van der Waals surface area (Å²) in [6.45, 7) is -0.325. The van der Waals surface area contributed by atoms with Gasteiger partial charge in [0.05, 0.1) is 19.0 Å². The molecule has 3 aliphatic rings. The monoisotopic (exact) mass is 377 g/mol. The molecule has 4 atom stereocenters. The number of Topliss-reactive ketones (excluding diaryl/α,β-unsaturated/α-hetero) is 1. The fraction of sp³-hybridized carbons (Fsp3) is 0.600. The van der Waals surface area contributed by atoms with Crippen molar-refractivity contribution in [1.29, 1.82) is 0 Å². The van der Waals surface area contributed by atoms with Gasteiger partial charge in [-0.05, 0) is 0 Å². The van der Waals surface area contributed by atoms with Crippen molar-refractivity contribution < 1.29 is 31.6 Å². The van der Waals surface area contributed by atoms with Crippen molar-refractivity contribution in [1.82, 2.24) is 10.2 Å². The topological polar surface area (TPSA) is 225 Å². The minimum Gasteiger partial charge on any atom is -0.373 e. The predicted molar refractivity (Wildman–Crippen MR) is 79.7 cm³/mol. The first-order chi connectivity index (χ1) is 11.6. The van der Waals surface area contributed by atoms with Crippen molar-refractivity contribution in [3.63, 3.8) is 0 Å². The second kappa shape index (κ2) is 5.51. The Morgan fingerprint density at radius 2 is 2.12 bits per heavy atom. The van der Waals surface area contributed by atoms with E-state index in [9.17, 15) is 18.0 Å². The van der Waals surface area contributed by atoms with Crippen LogP contribution in [-0.2, 0) is 29.0 Å². The molecule has 0 aliphatic carbocycles. The van der Waals surface area contributed by atoms with Gasteiger partial charge in [0.15, 0.2) is 18.0 Å². The number of nitrogens with one attached hydrogen (secondary N) is 1. The summed E-state index contributed by atoms with van der Waals surface area (Å²) in [5, 5.41) is 2.65. The molecule has 25 heavy (non-hydrogen) atoms. The minimum absolute atomic E-state index is 0.133. The van der Waals surface area contributed by atoms with Gasteiger partial charge in [-0.1, -0.05) is 0 Å². The molecule has 0 saturated carbocycles. The third-order valence-corrected chi connectivity index (χ3v) is 4.63. The number of carbonyl (C=O) groups is 2. The molecule has 0 aromatic carbocycles. The van der Waals surface area contributed by atoms with Gasteiger partial charge < -0.3 is 26.5 Å². The molecular formula is C10H15N7O7S. The predicted octanol–water partition coefficient (Wildman–Crippen LogP) is -4.45. The molecule has 0 amide bonds. The quantitative estimate of drug-likeness (QED) is 0.231. The molecule has 0 aromatic heterocycles. The van der Waals surface area contributed by atoms with Gasteiger partial charge in [-0.3, -0.25) is 14.1 Å². The molecule has 8 N–H and O–H groups in total. The fourth-order valence-electron chi connectivity index (χ4n) is 3.30. The van der Waals surface area contributed by atoms with Gasteiger partial charge in [0.25, 0.3) is 0 Å². The van der Waals surface area contributed by atoms with Crippen LogP contribution in [0, 0.1) is 0 Å². The van der Waals surface area contributed by atoms with Crippen LogP contribution >= 0.6 is 0 Å². The summed E-state index contributed by atoms with van der Waals surface area (Å²) < 4.78 is 35.2. The zero-order valence-electron chi connectivity index (χ0n) is 12.5. The summed E-state index contributed by atoms with van der Waals surface area (Å²) in [5.41, 5.74) is 9.83. The zero-order valence-corrected chi connectivity index (χ0v) is 13.3. The Balaban J connectivity index is 2.01. The summed E-state index contributed by atoms with van der Waals surface area (Å²) in [6.07, 6.45) is -1.91. The molecule has 1 saturated heterocycles. The van der Waals surface area contributed by atoms with Crippen LogP contribution in [0.1, 0.15) is 6.42 Å². The van der Waals surface area contributed by atoms with Crippen LogP contribution in [-0.4, -0.2) is 71.9 Å². The van der Waals surface area contributed by atoms with Crippen molar-refractivity contribution in [3.05, 3.63) is 0 Å². The van der Waals surface area contributed by atoms with Gasteiger partial charge in [-0.2, -0.15) is 14.3 Å². The van der Waals surface area contributed by atoms with Gasteiger partial charge in [0.2, 0.25) is 11.4 Å². The number of hydrogen-bond acceptors (Lipinski definition) is 13. The summed E-state index contributed by atoms with van der Waals surface area (Å²) in [5.74, 6) is 2.91. The Hall–Kier alpha value is -2.49. The van der Waals surface area contributed by atoms with Crippen molar-refractivity contribution >= 4 is 34.1 Å². The molecule has 2 unspecified atom stereocenters. The Kier molecular flexibility index (Phi) is 3.82. The lowest BCUT2D eigenvalue weighted by molar-refractivity contribution is -0.145. The lowest BCUT2D eigenvalue weighted by atomic mass is 9.88. The third kappa shape index (κ3) is 2.66. The third-order valence-electron chi connectivity index (χ3n) is 4.15. The molecule has 0 bridgehead atoms. The number of ketones is 1. The van der Waals surface area contributed by atoms with Crippen LogP contribution in [0.25, 0.3) is 0 Å². The molecule has 0 aromatic rings. The van der Waals surface area contributed by atoms with Gasteiger partial charge in [0.1, 0.15) is 6.04 Å². The fourth-order valence-corrected chi connectivity index (χ4v) is 3.74. The smallest absolute Gasteiger partial charge is 0.373 e. The number of carbonyl (C=O) groups excluding carboxylic acids is 2. The Labute approximate surface area is 140 Å². The van der Waals surface area contributed by atoms with E-state index in [1.807, 2.05) is 0 Å². The molecule has 14 nitrogen and oxygen atoms in total. The second-order valence-electron chi connectivity index (χ2n) is 5.59. The van der Waals surface area contributed by atoms with Gasteiger partial charge in [0, 0.05) is 0 Å². The SMILES string of the molecule is NOC(=O)C[C@@H]1N=C(N)N2C[C@@H](OS(=O)(=O)O)C(=O)C23NC(N)=NC13. The van der Waals surface area contributed by atoms with E-state index in [-0.39, 0.29) is 24.9 Å². The number of nitrogens with zero attached hydrogens (tertiary/aromatic N) is 3. The van der Waals surface area contributed by atoms with Gasteiger partial charge >= 0.3 is 16.4 Å². The van der Waals surface area contributed by atoms with Gasteiger partial charge in [-0.25, -0.2) is 14.2 Å².